The van der Waals surface area contributed by atoms with Gasteiger partial charge in [-0.05, 0) is 6.08 Å². The number of phosphoric acid groups is 1. The van der Waals surface area contributed by atoms with Gasteiger partial charge in [-0.2, -0.15) is 0 Å². The van der Waals surface area contributed by atoms with Crippen molar-refractivity contribution in [2.24, 2.45) is 0 Å². The highest BCUT2D eigenvalue weighted by atomic mass is 31.2. The van der Waals surface area contributed by atoms with E-state index in [0.29, 0.717) is 16.6 Å². The summed E-state index contributed by atoms with van der Waals surface area (Å²) in [6.07, 6.45) is 3.05. The third-order valence-electron chi connectivity index (χ3n) is 2.51. The summed E-state index contributed by atoms with van der Waals surface area (Å²) < 4.78 is 15.2. The number of phosphoric ester groups is 1. The molecule has 1 unspecified atom stereocenters. The van der Waals surface area contributed by atoms with Gasteiger partial charge in [0.15, 0.2) is 0 Å². The second-order valence-corrected chi connectivity index (χ2v) is 5.09. The molecule has 0 fully saturated rings. The molecule has 2 heterocycles. The van der Waals surface area contributed by atoms with Gasteiger partial charge in [0.25, 0.3) is 5.56 Å². The van der Waals surface area contributed by atoms with E-state index in [4.69, 9.17) is 9.79 Å². The van der Waals surface area contributed by atoms with Crippen LogP contribution >= 0.6 is 7.82 Å². The van der Waals surface area contributed by atoms with Crippen LogP contribution in [0.4, 0.5) is 0 Å². The van der Waals surface area contributed by atoms with Crippen molar-refractivity contribution in [2.75, 3.05) is 0 Å². The topological polar surface area (TPSA) is 140 Å². The molecule has 20 heavy (non-hydrogen) atoms. The van der Waals surface area contributed by atoms with Crippen LogP contribution in [-0.2, 0) is 15.6 Å². The summed E-state index contributed by atoms with van der Waals surface area (Å²) in [4.78, 5) is 38.2. The van der Waals surface area contributed by atoms with Gasteiger partial charge < -0.3 is 19.8 Å². The van der Waals surface area contributed by atoms with Crippen LogP contribution in [0, 0.1) is 0 Å². The fraction of sp³-hybridized carbons (Fsp3) is 0.200. The zero-order valence-electron chi connectivity index (χ0n) is 10.2. The Morgan fingerprint density at radius 3 is 2.95 bits per heavy atom. The fourth-order valence-electron chi connectivity index (χ4n) is 1.66. The number of H-pyrrole nitrogens is 2. The van der Waals surface area contributed by atoms with Crippen molar-refractivity contribution in [3.8, 4) is 0 Å². The predicted molar refractivity (Wildman–Crippen MR) is 70.7 cm³/mol. The Hall–Kier alpha value is -1.77. The molecule has 2 aromatic rings. The normalized spacial score (nSPS) is 13.5. The van der Waals surface area contributed by atoms with E-state index >= 15 is 0 Å². The van der Waals surface area contributed by atoms with Crippen LogP contribution in [0.3, 0.4) is 0 Å². The van der Waals surface area contributed by atoms with E-state index < -0.39 is 14.1 Å². The lowest BCUT2D eigenvalue weighted by atomic mass is 10.3. The zero-order chi connectivity index (χ0) is 14.8. The van der Waals surface area contributed by atoms with Crippen molar-refractivity contribution < 1.29 is 18.9 Å². The van der Waals surface area contributed by atoms with E-state index in [1.807, 2.05) is 0 Å². The maximum Gasteiger partial charge on any atom is 0.471 e. The van der Waals surface area contributed by atoms with Crippen LogP contribution in [-0.4, -0.2) is 31.0 Å². The Kier molecular flexibility index (Phi) is 4.17. The molecule has 0 saturated heterocycles. The standard InChI is InChI=1S/C10H13N4O5P/c1-2-7(19-20(16,17)18)11-3-6-4-12-9-8(6)13-5-14-10(9)15/h2,4-5,7,11-12H,1,3H2,(H,13,14,15)(H2,16,17,18). The van der Waals surface area contributed by atoms with E-state index in [1.165, 1.54) is 12.4 Å². The van der Waals surface area contributed by atoms with E-state index in [1.54, 1.807) is 6.20 Å². The lowest BCUT2D eigenvalue weighted by Gasteiger charge is -2.15. The van der Waals surface area contributed by atoms with Gasteiger partial charge in [0, 0.05) is 18.3 Å². The van der Waals surface area contributed by atoms with Crippen molar-refractivity contribution in [2.45, 2.75) is 12.8 Å². The summed E-state index contributed by atoms with van der Waals surface area (Å²) in [7, 11) is -4.61. The van der Waals surface area contributed by atoms with Crippen molar-refractivity contribution in [3.05, 3.63) is 41.1 Å². The van der Waals surface area contributed by atoms with Crippen molar-refractivity contribution in [1.82, 2.24) is 20.3 Å². The Morgan fingerprint density at radius 2 is 2.30 bits per heavy atom. The SMILES string of the molecule is C=CC(NCc1c[nH]c2c(=O)[nH]cnc12)OP(=O)(O)O. The molecule has 0 aliphatic rings. The first-order chi connectivity index (χ1) is 9.40. The number of nitrogens with zero attached hydrogens (tertiary/aromatic N) is 1. The molecule has 0 bridgehead atoms. The van der Waals surface area contributed by atoms with Gasteiger partial charge in [-0.15, -0.1) is 0 Å². The molecule has 108 valence electrons. The van der Waals surface area contributed by atoms with Crippen LogP contribution in [0.1, 0.15) is 5.56 Å². The number of rotatable bonds is 6. The quantitative estimate of drug-likeness (QED) is 0.286. The molecule has 9 nitrogen and oxygen atoms in total. The van der Waals surface area contributed by atoms with Gasteiger partial charge in [0.2, 0.25) is 0 Å². The van der Waals surface area contributed by atoms with E-state index in [-0.39, 0.29) is 12.1 Å². The molecule has 5 N–H and O–H groups in total. The van der Waals surface area contributed by atoms with Crippen LogP contribution in [0.2, 0.25) is 0 Å². The molecule has 0 aromatic carbocycles. The summed E-state index contributed by atoms with van der Waals surface area (Å²) in [6, 6.07) is 0. The van der Waals surface area contributed by atoms with E-state index in [9.17, 15) is 9.36 Å². The van der Waals surface area contributed by atoms with Gasteiger partial charge >= 0.3 is 7.82 Å². The van der Waals surface area contributed by atoms with Gasteiger partial charge in [-0.25, -0.2) is 9.55 Å². The lowest BCUT2D eigenvalue weighted by Crippen LogP contribution is -2.28. The van der Waals surface area contributed by atoms with Gasteiger partial charge in [0.1, 0.15) is 11.7 Å². The van der Waals surface area contributed by atoms with Crippen LogP contribution in [0.25, 0.3) is 11.0 Å². The summed E-state index contributed by atoms with van der Waals surface area (Å²) in [5, 5.41) is 2.74. The summed E-state index contributed by atoms with van der Waals surface area (Å²) in [6.45, 7) is 3.60. The zero-order valence-corrected chi connectivity index (χ0v) is 11.1. The highest BCUT2D eigenvalue weighted by Crippen LogP contribution is 2.37. The number of hydrogen-bond acceptors (Lipinski definition) is 5. The number of nitrogens with one attached hydrogen (secondary N) is 3. The van der Waals surface area contributed by atoms with Crippen molar-refractivity contribution >= 4 is 18.9 Å². The van der Waals surface area contributed by atoms with Gasteiger partial charge in [0.05, 0.1) is 11.8 Å². The molecule has 0 amide bonds. The third-order valence-corrected chi connectivity index (χ3v) is 3.01. The Bertz CT molecular complexity index is 718. The summed E-state index contributed by atoms with van der Waals surface area (Å²) in [5.74, 6) is 0. The Balaban J connectivity index is 2.13. The number of hydrogen-bond donors (Lipinski definition) is 5. The molecule has 2 aromatic heterocycles. The van der Waals surface area contributed by atoms with Gasteiger partial charge in [-0.1, -0.05) is 6.58 Å². The van der Waals surface area contributed by atoms with Crippen molar-refractivity contribution in [1.29, 1.82) is 0 Å². The fourth-order valence-corrected chi connectivity index (χ4v) is 2.12. The number of fused-ring (bicyclic) bond motifs is 1. The molecule has 1 atom stereocenters. The number of aromatic amines is 2. The Morgan fingerprint density at radius 1 is 1.55 bits per heavy atom. The smallest absolute Gasteiger partial charge is 0.355 e. The maximum absolute atomic E-state index is 11.5. The predicted octanol–water partition coefficient (Wildman–Crippen LogP) is -0.0378. The van der Waals surface area contributed by atoms with Crippen molar-refractivity contribution in [3.63, 3.8) is 0 Å². The molecule has 0 spiro atoms. The second-order valence-electron chi connectivity index (χ2n) is 3.90. The second kappa shape index (κ2) is 5.70. The molecule has 0 aliphatic carbocycles. The van der Waals surface area contributed by atoms with E-state index in [0.717, 1.165) is 0 Å². The molecule has 0 saturated carbocycles. The highest BCUT2D eigenvalue weighted by molar-refractivity contribution is 7.46. The Labute approximate surface area is 112 Å². The third kappa shape index (κ3) is 3.41. The number of aromatic nitrogens is 3. The average molecular weight is 300 g/mol. The minimum Gasteiger partial charge on any atom is -0.355 e. The first kappa shape index (κ1) is 14.6. The molecular weight excluding hydrogens is 287 g/mol. The van der Waals surface area contributed by atoms with Crippen LogP contribution < -0.4 is 10.9 Å². The molecule has 0 aliphatic heterocycles. The minimum atomic E-state index is -4.61. The van der Waals surface area contributed by atoms with Gasteiger partial charge in [-0.3, -0.25) is 14.6 Å². The van der Waals surface area contributed by atoms with E-state index in [2.05, 4.69) is 31.4 Å². The molecule has 2 rings (SSSR count). The largest absolute Gasteiger partial charge is 0.471 e. The molecular formula is C10H13N4O5P. The lowest BCUT2D eigenvalue weighted by molar-refractivity contribution is 0.138. The monoisotopic (exact) mass is 300 g/mol. The minimum absolute atomic E-state index is 0.188. The summed E-state index contributed by atoms with van der Waals surface area (Å²) in [5.41, 5.74) is 1.16. The van der Waals surface area contributed by atoms with Crippen LogP contribution in [0.5, 0.6) is 0 Å². The molecule has 0 radical (unpaired) electrons. The first-order valence-electron chi connectivity index (χ1n) is 5.54. The summed E-state index contributed by atoms with van der Waals surface area (Å²) >= 11 is 0. The maximum atomic E-state index is 11.5. The van der Waals surface area contributed by atoms with Crippen LogP contribution in [0.15, 0.2) is 30.0 Å². The first-order valence-corrected chi connectivity index (χ1v) is 7.07. The highest BCUT2D eigenvalue weighted by Gasteiger charge is 2.20. The molecule has 10 heteroatoms. The average Bonchev–Trinajstić information content (AvgIpc) is 2.78.